The quantitative estimate of drug-likeness (QED) is 0.614. The van der Waals surface area contributed by atoms with E-state index in [9.17, 15) is 14.9 Å². The van der Waals surface area contributed by atoms with Crippen molar-refractivity contribution >= 4 is 23.4 Å². The van der Waals surface area contributed by atoms with E-state index in [1.54, 1.807) is 6.07 Å². The monoisotopic (exact) mass is 256 g/mol. The number of non-ortho nitro benzene ring substituents is 1. The van der Waals surface area contributed by atoms with Gasteiger partial charge < -0.3 is 9.64 Å². The van der Waals surface area contributed by atoms with Gasteiger partial charge in [0.25, 0.3) is 5.69 Å². The van der Waals surface area contributed by atoms with Crippen molar-refractivity contribution in [2.75, 3.05) is 13.2 Å². The lowest BCUT2D eigenvalue weighted by atomic mass is 10.2. The molecule has 1 aromatic rings. The number of cyclic esters (lactones) is 1. The van der Waals surface area contributed by atoms with Crippen molar-refractivity contribution in [1.29, 1.82) is 0 Å². The van der Waals surface area contributed by atoms with E-state index in [4.69, 9.17) is 16.3 Å². The first-order valence-electron chi connectivity index (χ1n) is 4.92. The second-order valence-corrected chi connectivity index (χ2v) is 3.98. The topological polar surface area (TPSA) is 72.7 Å². The van der Waals surface area contributed by atoms with Crippen LogP contribution in [-0.2, 0) is 11.3 Å². The normalized spacial score (nSPS) is 14.9. The Morgan fingerprint density at radius 2 is 2.29 bits per heavy atom. The third-order valence-corrected chi connectivity index (χ3v) is 2.81. The van der Waals surface area contributed by atoms with Crippen LogP contribution in [0.1, 0.15) is 5.56 Å². The van der Waals surface area contributed by atoms with E-state index in [0.717, 1.165) is 0 Å². The molecule has 1 aromatic carbocycles. The van der Waals surface area contributed by atoms with Crippen molar-refractivity contribution in [3.8, 4) is 0 Å². The Labute approximate surface area is 102 Å². The van der Waals surface area contributed by atoms with Crippen molar-refractivity contribution in [3.63, 3.8) is 0 Å². The SMILES string of the molecule is O=C1OCCN1Cc1ccc([N+](=O)[O-])cc1Cl. The Bertz CT molecular complexity index is 477. The molecule has 1 aliphatic rings. The number of hydrogen-bond donors (Lipinski definition) is 0. The summed E-state index contributed by atoms with van der Waals surface area (Å²) < 4.78 is 4.78. The highest BCUT2D eigenvalue weighted by molar-refractivity contribution is 6.31. The highest BCUT2D eigenvalue weighted by Crippen LogP contribution is 2.24. The predicted molar refractivity (Wildman–Crippen MR) is 59.9 cm³/mol. The largest absolute Gasteiger partial charge is 0.448 e. The van der Waals surface area contributed by atoms with Crippen LogP contribution >= 0.6 is 11.6 Å². The fraction of sp³-hybridized carbons (Fsp3) is 0.300. The zero-order chi connectivity index (χ0) is 12.4. The number of nitro benzene ring substituents is 1. The molecule has 90 valence electrons. The molecule has 0 unspecified atom stereocenters. The summed E-state index contributed by atoms with van der Waals surface area (Å²) in [6.07, 6.45) is -0.389. The van der Waals surface area contributed by atoms with Crippen LogP contribution < -0.4 is 0 Å². The summed E-state index contributed by atoms with van der Waals surface area (Å²) in [5, 5.41) is 10.8. The van der Waals surface area contributed by atoms with Crippen molar-refractivity contribution in [2.24, 2.45) is 0 Å². The van der Waals surface area contributed by atoms with Gasteiger partial charge in [0.05, 0.1) is 23.0 Å². The molecular weight excluding hydrogens is 248 g/mol. The van der Waals surface area contributed by atoms with Crippen LogP contribution in [0.25, 0.3) is 0 Å². The summed E-state index contributed by atoms with van der Waals surface area (Å²) >= 11 is 5.92. The molecule has 0 N–H and O–H groups in total. The minimum absolute atomic E-state index is 0.0669. The number of carbonyl (C=O) groups is 1. The van der Waals surface area contributed by atoms with Gasteiger partial charge in [0.1, 0.15) is 6.61 Å². The number of carbonyl (C=O) groups excluding carboxylic acids is 1. The minimum atomic E-state index is -0.514. The number of benzene rings is 1. The van der Waals surface area contributed by atoms with Crippen LogP contribution in [0.15, 0.2) is 18.2 Å². The van der Waals surface area contributed by atoms with Crippen molar-refractivity contribution < 1.29 is 14.5 Å². The van der Waals surface area contributed by atoms with E-state index in [1.165, 1.54) is 17.0 Å². The molecule has 17 heavy (non-hydrogen) atoms. The Balaban J connectivity index is 2.16. The molecule has 0 saturated carbocycles. The van der Waals surface area contributed by atoms with E-state index in [0.29, 0.717) is 25.3 Å². The number of hydrogen-bond acceptors (Lipinski definition) is 4. The fourth-order valence-electron chi connectivity index (χ4n) is 1.55. The number of halogens is 1. The molecule has 1 saturated heterocycles. The van der Waals surface area contributed by atoms with E-state index < -0.39 is 4.92 Å². The van der Waals surface area contributed by atoms with Crippen LogP contribution in [0.3, 0.4) is 0 Å². The van der Waals surface area contributed by atoms with Gasteiger partial charge in [-0.15, -0.1) is 0 Å². The maximum Gasteiger partial charge on any atom is 0.410 e. The minimum Gasteiger partial charge on any atom is -0.448 e. The first kappa shape index (κ1) is 11.7. The standard InChI is InChI=1S/C10H9ClN2O4/c11-9-5-8(13(15)16)2-1-7(9)6-12-3-4-17-10(12)14/h1-2,5H,3-4,6H2. The molecule has 0 aromatic heterocycles. The molecule has 2 rings (SSSR count). The molecule has 0 aliphatic carbocycles. The van der Waals surface area contributed by atoms with E-state index in [-0.39, 0.29) is 16.8 Å². The lowest BCUT2D eigenvalue weighted by molar-refractivity contribution is -0.384. The number of amides is 1. The summed E-state index contributed by atoms with van der Waals surface area (Å²) in [5.41, 5.74) is 0.596. The van der Waals surface area contributed by atoms with Crippen molar-refractivity contribution in [2.45, 2.75) is 6.54 Å². The second-order valence-electron chi connectivity index (χ2n) is 3.57. The molecule has 1 heterocycles. The van der Waals surface area contributed by atoms with Gasteiger partial charge in [-0.2, -0.15) is 0 Å². The summed E-state index contributed by atoms with van der Waals surface area (Å²) in [7, 11) is 0. The molecule has 1 aliphatic heterocycles. The average Bonchev–Trinajstić information content (AvgIpc) is 2.67. The fourth-order valence-corrected chi connectivity index (χ4v) is 1.79. The molecule has 1 amide bonds. The van der Waals surface area contributed by atoms with E-state index in [1.807, 2.05) is 0 Å². The van der Waals surface area contributed by atoms with E-state index in [2.05, 4.69) is 0 Å². The molecule has 0 radical (unpaired) electrons. The van der Waals surface area contributed by atoms with E-state index >= 15 is 0 Å². The first-order chi connectivity index (χ1) is 8.08. The maximum absolute atomic E-state index is 11.2. The van der Waals surface area contributed by atoms with Gasteiger partial charge in [-0.25, -0.2) is 4.79 Å². The summed E-state index contributed by atoms with van der Waals surface area (Å²) in [5.74, 6) is 0. The molecule has 6 nitrogen and oxygen atoms in total. The third kappa shape index (κ3) is 2.47. The zero-order valence-corrected chi connectivity index (χ0v) is 9.51. The average molecular weight is 257 g/mol. The number of rotatable bonds is 3. The zero-order valence-electron chi connectivity index (χ0n) is 8.76. The highest BCUT2D eigenvalue weighted by atomic mass is 35.5. The molecule has 1 fully saturated rings. The van der Waals surface area contributed by atoms with Crippen LogP contribution in [0.4, 0.5) is 10.5 Å². The Morgan fingerprint density at radius 1 is 1.53 bits per heavy atom. The summed E-state index contributed by atoms with van der Waals surface area (Å²) in [4.78, 5) is 22.7. The highest BCUT2D eigenvalue weighted by Gasteiger charge is 2.23. The third-order valence-electron chi connectivity index (χ3n) is 2.45. The summed E-state index contributed by atoms with van der Waals surface area (Å²) in [6.45, 7) is 1.17. The molecule has 0 bridgehead atoms. The van der Waals surface area contributed by atoms with Crippen LogP contribution in [0.5, 0.6) is 0 Å². The maximum atomic E-state index is 11.2. The van der Waals surface area contributed by atoms with Gasteiger partial charge in [0, 0.05) is 12.1 Å². The Kier molecular flexibility index (Phi) is 3.14. The number of nitro groups is 1. The molecule has 0 spiro atoms. The number of ether oxygens (including phenoxy) is 1. The molecular formula is C10H9ClN2O4. The first-order valence-corrected chi connectivity index (χ1v) is 5.30. The molecule has 0 atom stereocenters. The van der Waals surface area contributed by atoms with Crippen molar-refractivity contribution in [3.05, 3.63) is 38.9 Å². The lowest BCUT2D eigenvalue weighted by Gasteiger charge is -2.13. The second kappa shape index (κ2) is 4.58. The smallest absolute Gasteiger partial charge is 0.410 e. The van der Waals surface area contributed by atoms with Crippen LogP contribution in [0.2, 0.25) is 5.02 Å². The van der Waals surface area contributed by atoms with Crippen LogP contribution in [-0.4, -0.2) is 29.1 Å². The molecule has 7 heteroatoms. The van der Waals surface area contributed by atoms with Gasteiger partial charge in [-0.05, 0) is 11.6 Å². The van der Waals surface area contributed by atoms with Gasteiger partial charge in [0.15, 0.2) is 0 Å². The van der Waals surface area contributed by atoms with Crippen LogP contribution in [0, 0.1) is 10.1 Å². The van der Waals surface area contributed by atoms with Gasteiger partial charge in [-0.1, -0.05) is 11.6 Å². The van der Waals surface area contributed by atoms with Gasteiger partial charge in [0.2, 0.25) is 0 Å². The number of nitrogens with zero attached hydrogens (tertiary/aromatic N) is 2. The lowest BCUT2D eigenvalue weighted by Crippen LogP contribution is -2.23. The van der Waals surface area contributed by atoms with Gasteiger partial charge in [-0.3, -0.25) is 10.1 Å². The predicted octanol–water partition coefficient (Wildman–Crippen LogP) is 2.20. The Morgan fingerprint density at radius 3 is 2.82 bits per heavy atom. The Hall–Kier alpha value is -1.82. The summed E-state index contributed by atoms with van der Waals surface area (Å²) in [6, 6.07) is 4.19. The van der Waals surface area contributed by atoms with Gasteiger partial charge >= 0.3 is 6.09 Å². The van der Waals surface area contributed by atoms with Crippen molar-refractivity contribution in [1.82, 2.24) is 4.90 Å².